The fourth-order valence-electron chi connectivity index (χ4n) is 1.36. The van der Waals surface area contributed by atoms with Gasteiger partial charge in [-0.05, 0) is 24.8 Å². The Balaban J connectivity index is 2.84. The fraction of sp³-hybridized carbons (Fsp3) is 0.500. The number of nitrogens with two attached hydrogens (primary N) is 1. The number of benzene rings is 1. The molecule has 3 nitrogen and oxygen atoms in total. The molecule has 0 aliphatic heterocycles. The van der Waals surface area contributed by atoms with Crippen LogP contribution in [0, 0.1) is 0 Å². The molecule has 0 atom stereocenters. The lowest BCUT2D eigenvalue weighted by atomic mass is 9.87. The zero-order valence-corrected chi connectivity index (χ0v) is 11.3. The molecule has 0 bridgehead atoms. The van der Waals surface area contributed by atoms with Gasteiger partial charge in [0, 0.05) is 5.56 Å². The van der Waals surface area contributed by atoms with E-state index in [4.69, 9.17) is 10.6 Å². The molecule has 1 aromatic rings. The van der Waals surface area contributed by atoms with Crippen molar-refractivity contribution < 1.29 is 4.84 Å². The van der Waals surface area contributed by atoms with Gasteiger partial charge in [0.2, 0.25) is 0 Å². The van der Waals surface area contributed by atoms with E-state index in [0.717, 1.165) is 5.56 Å². The molecule has 0 aliphatic carbocycles. The van der Waals surface area contributed by atoms with Gasteiger partial charge in [0.15, 0.2) is 5.84 Å². The van der Waals surface area contributed by atoms with Crippen LogP contribution < -0.4 is 5.73 Å². The van der Waals surface area contributed by atoms with Crippen LogP contribution >= 0.6 is 0 Å². The highest BCUT2D eigenvalue weighted by atomic mass is 16.6. The van der Waals surface area contributed by atoms with Crippen LogP contribution in [0.15, 0.2) is 29.4 Å². The third kappa shape index (κ3) is 4.10. The van der Waals surface area contributed by atoms with Gasteiger partial charge in [-0.25, -0.2) is 0 Å². The summed E-state index contributed by atoms with van der Waals surface area (Å²) in [5.74, 6) is 0.416. The molecule has 0 amide bonds. The highest BCUT2D eigenvalue weighted by Gasteiger charge is 2.13. The normalized spacial score (nSPS) is 12.9. The Morgan fingerprint density at radius 2 is 1.71 bits per heavy atom. The molecule has 0 heterocycles. The first-order valence-electron chi connectivity index (χ1n) is 5.91. The molecule has 2 N–H and O–H groups in total. The number of hydrogen-bond donors (Lipinski definition) is 1. The minimum absolute atomic E-state index is 0.0439. The second-order valence-electron chi connectivity index (χ2n) is 5.46. The Labute approximate surface area is 104 Å². The molecule has 0 spiro atoms. The van der Waals surface area contributed by atoms with Crippen LogP contribution in [-0.4, -0.2) is 11.9 Å². The van der Waals surface area contributed by atoms with Gasteiger partial charge in [0.25, 0.3) is 0 Å². The van der Waals surface area contributed by atoms with E-state index in [0.29, 0.717) is 5.84 Å². The molecule has 3 heteroatoms. The van der Waals surface area contributed by atoms with E-state index in [-0.39, 0.29) is 11.5 Å². The quantitative estimate of drug-likeness (QED) is 0.496. The fourth-order valence-corrected chi connectivity index (χ4v) is 1.36. The number of oxime groups is 1. The summed E-state index contributed by atoms with van der Waals surface area (Å²) in [6.45, 7) is 10.4. The zero-order valence-electron chi connectivity index (χ0n) is 11.3. The molecule has 0 aromatic heterocycles. The van der Waals surface area contributed by atoms with E-state index >= 15 is 0 Å². The van der Waals surface area contributed by atoms with Crippen molar-refractivity contribution in [3.05, 3.63) is 35.4 Å². The number of nitrogens with zero attached hydrogens (tertiary/aromatic N) is 1. The van der Waals surface area contributed by atoms with Gasteiger partial charge in [-0.15, -0.1) is 0 Å². The zero-order chi connectivity index (χ0) is 13.1. The molecule has 1 aromatic carbocycles. The average Bonchev–Trinajstić information content (AvgIpc) is 2.25. The Bertz CT molecular complexity index is 386. The van der Waals surface area contributed by atoms with Gasteiger partial charge < -0.3 is 10.6 Å². The van der Waals surface area contributed by atoms with Gasteiger partial charge in [0.1, 0.15) is 6.10 Å². The van der Waals surface area contributed by atoms with Crippen LogP contribution in [0.3, 0.4) is 0 Å². The number of amidine groups is 1. The summed E-state index contributed by atoms with van der Waals surface area (Å²) in [5, 5.41) is 3.88. The summed E-state index contributed by atoms with van der Waals surface area (Å²) < 4.78 is 0. The summed E-state index contributed by atoms with van der Waals surface area (Å²) >= 11 is 0. The molecular formula is C14H22N2O. The SMILES string of the molecule is CC(C)O/N=C(\N)c1ccc(C(C)(C)C)cc1. The predicted molar refractivity (Wildman–Crippen MR) is 72.1 cm³/mol. The van der Waals surface area contributed by atoms with Crippen molar-refractivity contribution in [2.45, 2.75) is 46.1 Å². The monoisotopic (exact) mass is 234 g/mol. The van der Waals surface area contributed by atoms with Crippen LogP contribution in [0.2, 0.25) is 0 Å². The third-order valence-electron chi connectivity index (χ3n) is 2.41. The first-order chi connectivity index (χ1) is 7.80. The molecule has 0 saturated carbocycles. The van der Waals surface area contributed by atoms with E-state index in [1.54, 1.807) is 0 Å². The molecule has 0 radical (unpaired) electrons. The van der Waals surface area contributed by atoms with Gasteiger partial charge in [-0.1, -0.05) is 50.2 Å². The van der Waals surface area contributed by atoms with E-state index in [9.17, 15) is 0 Å². The van der Waals surface area contributed by atoms with Crippen LogP contribution in [0.5, 0.6) is 0 Å². The van der Waals surface area contributed by atoms with Gasteiger partial charge in [-0.2, -0.15) is 0 Å². The number of rotatable bonds is 3. The molecule has 0 saturated heterocycles. The Kier molecular flexibility index (Phi) is 4.16. The molecule has 17 heavy (non-hydrogen) atoms. The summed E-state index contributed by atoms with van der Waals surface area (Å²) in [6.07, 6.45) is 0.0439. The number of hydrogen-bond acceptors (Lipinski definition) is 2. The second kappa shape index (κ2) is 5.21. The molecule has 1 rings (SSSR count). The van der Waals surface area contributed by atoms with Crippen molar-refractivity contribution >= 4 is 5.84 Å². The van der Waals surface area contributed by atoms with Gasteiger partial charge in [-0.3, -0.25) is 0 Å². The largest absolute Gasteiger partial charge is 0.391 e. The predicted octanol–water partition coefficient (Wildman–Crippen LogP) is 3.03. The minimum atomic E-state index is 0.0439. The van der Waals surface area contributed by atoms with E-state index < -0.39 is 0 Å². The highest BCUT2D eigenvalue weighted by Crippen LogP contribution is 2.22. The molecule has 0 fully saturated rings. The lowest BCUT2D eigenvalue weighted by Crippen LogP contribution is -2.16. The van der Waals surface area contributed by atoms with E-state index in [1.165, 1.54) is 5.56 Å². The summed E-state index contributed by atoms with van der Waals surface area (Å²) in [4.78, 5) is 5.12. The standard InChI is InChI=1S/C14H22N2O/c1-10(2)17-16-13(15)11-6-8-12(9-7-11)14(3,4)5/h6-10H,1-5H3,(H2,15,16). The smallest absolute Gasteiger partial charge is 0.170 e. The minimum Gasteiger partial charge on any atom is -0.391 e. The third-order valence-corrected chi connectivity index (χ3v) is 2.41. The molecular weight excluding hydrogens is 212 g/mol. The molecule has 94 valence electrons. The Hall–Kier alpha value is -1.51. The lowest BCUT2D eigenvalue weighted by Gasteiger charge is -2.19. The average molecular weight is 234 g/mol. The second-order valence-corrected chi connectivity index (χ2v) is 5.46. The van der Waals surface area contributed by atoms with E-state index in [2.05, 4.69) is 38.1 Å². The first kappa shape index (κ1) is 13.6. The summed E-state index contributed by atoms with van der Waals surface area (Å²) in [6, 6.07) is 8.10. The van der Waals surface area contributed by atoms with Gasteiger partial charge in [0.05, 0.1) is 0 Å². The van der Waals surface area contributed by atoms with E-state index in [1.807, 2.05) is 26.0 Å². The first-order valence-corrected chi connectivity index (χ1v) is 5.91. The maximum atomic E-state index is 5.83. The van der Waals surface area contributed by atoms with Crippen LogP contribution in [0.25, 0.3) is 0 Å². The maximum absolute atomic E-state index is 5.83. The van der Waals surface area contributed by atoms with Crippen LogP contribution in [0.1, 0.15) is 45.7 Å². The summed E-state index contributed by atoms with van der Waals surface area (Å²) in [5.41, 5.74) is 8.14. The van der Waals surface area contributed by atoms with Crippen molar-refractivity contribution in [2.24, 2.45) is 10.9 Å². The van der Waals surface area contributed by atoms with Crippen molar-refractivity contribution in [2.75, 3.05) is 0 Å². The maximum Gasteiger partial charge on any atom is 0.170 e. The lowest BCUT2D eigenvalue weighted by molar-refractivity contribution is 0.0858. The highest BCUT2D eigenvalue weighted by molar-refractivity contribution is 5.97. The summed E-state index contributed by atoms with van der Waals surface area (Å²) in [7, 11) is 0. The Morgan fingerprint density at radius 1 is 1.18 bits per heavy atom. The topological polar surface area (TPSA) is 47.6 Å². The molecule has 0 unspecified atom stereocenters. The van der Waals surface area contributed by atoms with Gasteiger partial charge >= 0.3 is 0 Å². The van der Waals surface area contributed by atoms with Crippen LogP contribution in [-0.2, 0) is 10.3 Å². The van der Waals surface area contributed by atoms with Crippen molar-refractivity contribution in [1.82, 2.24) is 0 Å². The van der Waals surface area contributed by atoms with Crippen LogP contribution in [0.4, 0.5) is 0 Å². The molecule has 0 aliphatic rings. The van der Waals surface area contributed by atoms with Crippen molar-refractivity contribution in [3.8, 4) is 0 Å². The Morgan fingerprint density at radius 3 is 2.12 bits per heavy atom. The van der Waals surface area contributed by atoms with Crippen molar-refractivity contribution in [3.63, 3.8) is 0 Å². The van der Waals surface area contributed by atoms with Crippen molar-refractivity contribution in [1.29, 1.82) is 0 Å².